The van der Waals surface area contributed by atoms with Crippen LogP contribution in [0.5, 0.6) is 0 Å². The highest BCUT2D eigenvalue weighted by molar-refractivity contribution is 8.00. The fourth-order valence-electron chi connectivity index (χ4n) is 2.80. The Hall–Kier alpha value is -2.11. The molecule has 1 aliphatic rings. The highest BCUT2D eigenvalue weighted by Crippen LogP contribution is 2.40. The first-order valence-corrected chi connectivity index (χ1v) is 9.01. The van der Waals surface area contributed by atoms with Crippen molar-refractivity contribution < 1.29 is 9.21 Å². The van der Waals surface area contributed by atoms with Crippen LogP contribution in [0.15, 0.2) is 65.5 Å². The maximum Gasteiger partial charge on any atom is 0.234 e. The number of carbonyl (C=O) groups is 1. The van der Waals surface area contributed by atoms with Crippen molar-refractivity contribution in [1.29, 1.82) is 0 Å². The van der Waals surface area contributed by atoms with E-state index in [1.807, 2.05) is 52.1 Å². The number of halogens is 1. The predicted octanol–water partition coefficient (Wildman–Crippen LogP) is 4.50. The first-order chi connectivity index (χ1) is 11.7. The second-order valence-corrected chi connectivity index (χ2v) is 7.10. The van der Waals surface area contributed by atoms with E-state index in [-0.39, 0.29) is 11.3 Å². The molecular formula is C18H15ClN2O2S. The Kier molecular flexibility index (Phi) is 4.12. The van der Waals surface area contributed by atoms with Crippen LogP contribution in [0, 0.1) is 0 Å². The fourth-order valence-corrected chi connectivity index (χ4v) is 4.10. The molecule has 1 atom stereocenters. The number of hydrogen-bond donors (Lipinski definition) is 0. The Morgan fingerprint density at radius 1 is 1.21 bits per heavy atom. The average molecular weight is 359 g/mol. The number of thioether (sulfide) groups is 1. The lowest BCUT2D eigenvalue weighted by atomic mass is 10.3. The molecule has 122 valence electrons. The maximum absolute atomic E-state index is 12.2. The summed E-state index contributed by atoms with van der Waals surface area (Å²) in [5.74, 6) is 1.44. The summed E-state index contributed by atoms with van der Waals surface area (Å²) in [5, 5.41) is 0.726. The number of hydrogen-bond acceptors (Lipinski definition) is 3. The molecule has 3 heterocycles. The molecule has 0 aliphatic carbocycles. The smallest absolute Gasteiger partial charge is 0.234 e. The predicted molar refractivity (Wildman–Crippen MR) is 95.2 cm³/mol. The third-order valence-electron chi connectivity index (χ3n) is 4.00. The van der Waals surface area contributed by atoms with Crippen LogP contribution >= 0.6 is 23.4 Å². The Labute approximate surface area is 149 Å². The Morgan fingerprint density at radius 3 is 2.79 bits per heavy atom. The monoisotopic (exact) mass is 358 g/mol. The van der Waals surface area contributed by atoms with Crippen LogP contribution in [0.25, 0.3) is 5.69 Å². The maximum atomic E-state index is 12.2. The van der Waals surface area contributed by atoms with Crippen molar-refractivity contribution in [3.63, 3.8) is 0 Å². The first-order valence-electron chi connectivity index (χ1n) is 7.58. The molecular weight excluding hydrogens is 344 g/mol. The van der Waals surface area contributed by atoms with Crippen molar-refractivity contribution in [1.82, 2.24) is 9.47 Å². The van der Waals surface area contributed by atoms with E-state index >= 15 is 0 Å². The van der Waals surface area contributed by atoms with Crippen LogP contribution in [0.4, 0.5) is 0 Å². The van der Waals surface area contributed by atoms with Crippen LogP contribution in [0.3, 0.4) is 0 Å². The lowest BCUT2D eigenvalue weighted by Crippen LogP contribution is -2.27. The molecule has 6 heteroatoms. The lowest BCUT2D eigenvalue weighted by Gasteiger charge is -2.22. The number of nitrogens with zero attached hydrogens (tertiary/aromatic N) is 2. The number of aromatic nitrogens is 1. The highest BCUT2D eigenvalue weighted by atomic mass is 35.5. The summed E-state index contributed by atoms with van der Waals surface area (Å²) < 4.78 is 7.43. The molecule has 0 bridgehead atoms. The molecule has 1 aromatic carbocycles. The standard InChI is InChI=1S/C18H15ClN2O2S/c19-14-3-5-15(6-4-14)20-8-7-13(10-20)18-21(17(22)12-24-18)11-16-2-1-9-23-16/h1-10,18H,11-12H2. The van der Waals surface area contributed by atoms with Gasteiger partial charge in [-0.2, -0.15) is 0 Å². The summed E-state index contributed by atoms with van der Waals surface area (Å²) in [6.07, 6.45) is 5.71. The van der Waals surface area contributed by atoms with Gasteiger partial charge in [-0.1, -0.05) is 11.6 Å². The van der Waals surface area contributed by atoms with E-state index in [1.54, 1.807) is 18.0 Å². The molecule has 24 heavy (non-hydrogen) atoms. The van der Waals surface area contributed by atoms with Crippen molar-refractivity contribution in [3.05, 3.63) is 77.5 Å². The highest BCUT2D eigenvalue weighted by Gasteiger charge is 2.33. The Morgan fingerprint density at radius 2 is 2.04 bits per heavy atom. The Bertz CT molecular complexity index is 842. The van der Waals surface area contributed by atoms with Gasteiger partial charge in [0.2, 0.25) is 5.91 Å². The Balaban J connectivity index is 1.58. The molecule has 1 unspecified atom stereocenters. The summed E-state index contributed by atoms with van der Waals surface area (Å²) >= 11 is 7.59. The molecule has 0 saturated carbocycles. The first kappa shape index (κ1) is 15.4. The van der Waals surface area contributed by atoms with Crippen LogP contribution in [0.1, 0.15) is 16.7 Å². The molecule has 2 aromatic heterocycles. The number of rotatable bonds is 4. The van der Waals surface area contributed by atoms with Gasteiger partial charge in [-0.25, -0.2) is 0 Å². The van der Waals surface area contributed by atoms with E-state index in [0.29, 0.717) is 17.3 Å². The molecule has 1 saturated heterocycles. The van der Waals surface area contributed by atoms with Gasteiger partial charge >= 0.3 is 0 Å². The molecule has 0 N–H and O–H groups in total. The van der Waals surface area contributed by atoms with E-state index in [4.69, 9.17) is 16.0 Å². The van der Waals surface area contributed by atoms with Crippen LogP contribution in [-0.4, -0.2) is 21.1 Å². The number of carbonyl (C=O) groups excluding carboxylic acids is 1. The van der Waals surface area contributed by atoms with Crippen molar-refractivity contribution in [2.45, 2.75) is 11.9 Å². The minimum atomic E-state index is 0.0103. The second-order valence-electron chi connectivity index (χ2n) is 5.59. The van der Waals surface area contributed by atoms with Gasteiger partial charge in [-0.15, -0.1) is 11.8 Å². The number of benzene rings is 1. The van der Waals surface area contributed by atoms with Gasteiger partial charge in [0.1, 0.15) is 11.1 Å². The fraction of sp³-hybridized carbons (Fsp3) is 0.167. The third kappa shape index (κ3) is 2.97. The number of furan rings is 1. The van der Waals surface area contributed by atoms with Crippen LogP contribution in [0.2, 0.25) is 5.02 Å². The molecule has 3 aromatic rings. The van der Waals surface area contributed by atoms with Crippen molar-refractivity contribution in [2.24, 2.45) is 0 Å². The van der Waals surface area contributed by atoms with Crippen molar-refractivity contribution in [3.8, 4) is 5.69 Å². The molecule has 0 spiro atoms. The third-order valence-corrected chi connectivity index (χ3v) is 5.51. The molecule has 4 nitrogen and oxygen atoms in total. The summed E-state index contributed by atoms with van der Waals surface area (Å²) in [6.45, 7) is 0.496. The second kappa shape index (κ2) is 6.42. The molecule has 1 aliphatic heterocycles. The van der Waals surface area contributed by atoms with Gasteiger partial charge in [-0.05, 0) is 42.5 Å². The molecule has 0 radical (unpaired) electrons. The minimum Gasteiger partial charge on any atom is -0.467 e. The van der Waals surface area contributed by atoms with Gasteiger partial charge in [0.15, 0.2) is 0 Å². The van der Waals surface area contributed by atoms with E-state index in [0.717, 1.165) is 17.0 Å². The average Bonchev–Trinajstić information content (AvgIpc) is 3.31. The zero-order valence-corrected chi connectivity index (χ0v) is 14.3. The van der Waals surface area contributed by atoms with Gasteiger partial charge in [0.25, 0.3) is 0 Å². The summed E-state index contributed by atoms with van der Waals surface area (Å²) in [5.41, 5.74) is 2.14. The normalized spacial score (nSPS) is 17.6. The van der Waals surface area contributed by atoms with E-state index < -0.39 is 0 Å². The summed E-state index contributed by atoms with van der Waals surface area (Å²) in [6, 6.07) is 13.5. The van der Waals surface area contributed by atoms with E-state index in [2.05, 4.69) is 12.3 Å². The zero-order chi connectivity index (χ0) is 16.5. The van der Waals surface area contributed by atoms with E-state index in [1.165, 1.54) is 0 Å². The number of amides is 1. The zero-order valence-electron chi connectivity index (χ0n) is 12.8. The van der Waals surface area contributed by atoms with Gasteiger partial charge in [0.05, 0.1) is 18.6 Å². The minimum absolute atomic E-state index is 0.0103. The van der Waals surface area contributed by atoms with Gasteiger partial charge in [0, 0.05) is 28.7 Å². The van der Waals surface area contributed by atoms with E-state index in [9.17, 15) is 4.79 Å². The van der Waals surface area contributed by atoms with Crippen molar-refractivity contribution >= 4 is 29.3 Å². The van der Waals surface area contributed by atoms with Crippen LogP contribution in [-0.2, 0) is 11.3 Å². The summed E-state index contributed by atoms with van der Waals surface area (Å²) in [4.78, 5) is 14.1. The molecule has 1 fully saturated rings. The SMILES string of the molecule is O=C1CSC(c2ccn(-c3ccc(Cl)cc3)c2)N1Cc1ccco1. The van der Waals surface area contributed by atoms with Gasteiger partial charge in [-0.3, -0.25) is 4.79 Å². The summed E-state index contributed by atoms with van der Waals surface area (Å²) in [7, 11) is 0. The molecule has 4 rings (SSSR count). The van der Waals surface area contributed by atoms with Crippen LogP contribution < -0.4 is 0 Å². The largest absolute Gasteiger partial charge is 0.467 e. The molecule has 1 amide bonds. The van der Waals surface area contributed by atoms with Crippen molar-refractivity contribution in [2.75, 3.05) is 5.75 Å². The van der Waals surface area contributed by atoms with Gasteiger partial charge < -0.3 is 13.9 Å². The quantitative estimate of drug-likeness (QED) is 0.689. The topological polar surface area (TPSA) is 38.4 Å². The lowest BCUT2D eigenvalue weighted by molar-refractivity contribution is -0.128.